The zero-order valence-corrected chi connectivity index (χ0v) is 24.9. The highest BCUT2D eigenvalue weighted by atomic mass is 35.5. The first-order chi connectivity index (χ1) is 18.2. The van der Waals surface area contributed by atoms with E-state index in [1.807, 2.05) is 27.7 Å². The van der Waals surface area contributed by atoms with Gasteiger partial charge in [-0.2, -0.15) is 0 Å². The van der Waals surface area contributed by atoms with Crippen LogP contribution >= 0.6 is 23.2 Å². The Morgan fingerprint density at radius 1 is 0.949 bits per heavy atom. The molecule has 0 saturated carbocycles. The van der Waals surface area contributed by atoms with E-state index in [2.05, 4.69) is 5.32 Å². The van der Waals surface area contributed by atoms with Crippen molar-refractivity contribution in [1.82, 2.24) is 10.2 Å². The molecule has 0 radical (unpaired) electrons. The van der Waals surface area contributed by atoms with E-state index >= 15 is 0 Å². The van der Waals surface area contributed by atoms with Gasteiger partial charge in [0.1, 0.15) is 12.6 Å². The lowest BCUT2D eigenvalue weighted by Gasteiger charge is -2.33. The third-order valence-corrected chi connectivity index (χ3v) is 8.33. The zero-order chi connectivity index (χ0) is 29.0. The molecule has 1 N–H and O–H groups in total. The number of nitrogens with one attached hydrogen (secondary N) is 1. The van der Waals surface area contributed by atoms with Crippen molar-refractivity contribution in [3.05, 3.63) is 94.0 Å². The first-order valence-electron chi connectivity index (χ1n) is 12.4. The van der Waals surface area contributed by atoms with Gasteiger partial charge in [0.15, 0.2) is 0 Å². The molecule has 0 spiro atoms. The maximum atomic E-state index is 13.9. The van der Waals surface area contributed by atoms with Crippen LogP contribution in [0.4, 0.5) is 5.69 Å². The van der Waals surface area contributed by atoms with E-state index in [0.717, 1.165) is 9.87 Å². The molecule has 7 nitrogen and oxygen atoms in total. The summed E-state index contributed by atoms with van der Waals surface area (Å²) in [6.07, 6.45) is 0. The Morgan fingerprint density at radius 2 is 1.56 bits per heavy atom. The minimum absolute atomic E-state index is 0.0270. The van der Waals surface area contributed by atoms with Gasteiger partial charge in [-0.1, -0.05) is 65.2 Å². The number of benzene rings is 3. The topological polar surface area (TPSA) is 86.8 Å². The largest absolute Gasteiger partial charge is 0.350 e. The second-order valence-corrected chi connectivity index (χ2v) is 13.0. The Labute approximate surface area is 240 Å². The number of carbonyl (C=O) groups excluding carboxylic acids is 2. The van der Waals surface area contributed by atoms with Gasteiger partial charge in [0.2, 0.25) is 11.8 Å². The van der Waals surface area contributed by atoms with Crippen LogP contribution < -0.4 is 9.62 Å². The van der Waals surface area contributed by atoms with E-state index in [0.29, 0.717) is 21.3 Å². The van der Waals surface area contributed by atoms with Gasteiger partial charge in [-0.05, 0) is 76.6 Å². The first kappa shape index (κ1) is 30.5. The lowest BCUT2D eigenvalue weighted by Crippen LogP contribution is -2.54. The van der Waals surface area contributed by atoms with Crippen molar-refractivity contribution in [3.63, 3.8) is 0 Å². The number of halogens is 2. The van der Waals surface area contributed by atoms with E-state index in [1.165, 1.54) is 17.0 Å². The predicted molar refractivity (Wildman–Crippen MR) is 157 cm³/mol. The summed E-state index contributed by atoms with van der Waals surface area (Å²) < 4.78 is 28.6. The molecule has 0 bridgehead atoms. The van der Waals surface area contributed by atoms with Gasteiger partial charge in [-0.25, -0.2) is 8.42 Å². The molecule has 1 unspecified atom stereocenters. The van der Waals surface area contributed by atoms with Crippen LogP contribution in [0.5, 0.6) is 0 Å². The van der Waals surface area contributed by atoms with Crippen molar-refractivity contribution in [3.8, 4) is 0 Å². The van der Waals surface area contributed by atoms with Gasteiger partial charge in [-0.15, -0.1) is 0 Å². The number of para-hydroxylation sites is 1. The predicted octanol–water partition coefficient (Wildman–Crippen LogP) is 5.83. The molecule has 3 aromatic rings. The van der Waals surface area contributed by atoms with Crippen LogP contribution in [0.15, 0.2) is 77.7 Å². The molecule has 0 aliphatic carbocycles. The Morgan fingerprint density at radius 3 is 2.13 bits per heavy atom. The molecule has 0 aliphatic rings. The summed E-state index contributed by atoms with van der Waals surface area (Å²) in [6.45, 7) is 8.42. The molecule has 0 heterocycles. The lowest BCUT2D eigenvalue weighted by atomic mass is 10.1. The molecule has 39 heavy (non-hydrogen) atoms. The van der Waals surface area contributed by atoms with E-state index in [-0.39, 0.29) is 17.3 Å². The third kappa shape index (κ3) is 7.97. The second kappa shape index (κ2) is 12.4. The van der Waals surface area contributed by atoms with Crippen molar-refractivity contribution in [2.24, 2.45) is 0 Å². The van der Waals surface area contributed by atoms with Crippen LogP contribution in [0.3, 0.4) is 0 Å². The van der Waals surface area contributed by atoms with Gasteiger partial charge in [0.25, 0.3) is 10.0 Å². The minimum atomic E-state index is -4.12. The van der Waals surface area contributed by atoms with Crippen molar-refractivity contribution >= 4 is 50.7 Å². The molecule has 10 heteroatoms. The number of aryl methyl sites for hydroxylation is 1. The Kier molecular flexibility index (Phi) is 9.69. The molecule has 2 amide bonds. The number of carbonyl (C=O) groups is 2. The summed E-state index contributed by atoms with van der Waals surface area (Å²) in [5.41, 5.74) is 1.25. The normalized spacial score (nSPS) is 12.5. The Hall–Kier alpha value is -3.07. The van der Waals surface area contributed by atoms with Gasteiger partial charge in [-0.3, -0.25) is 13.9 Å². The van der Waals surface area contributed by atoms with E-state index < -0.39 is 34.1 Å². The van der Waals surface area contributed by atoms with Crippen LogP contribution in [0.25, 0.3) is 0 Å². The number of nitrogens with zero attached hydrogens (tertiary/aromatic N) is 2. The number of anilines is 1. The average Bonchev–Trinajstić information content (AvgIpc) is 2.86. The molecular weight excluding hydrogens is 557 g/mol. The van der Waals surface area contributed by atoms with Crippen molar-refractivity contribution in [2.45, 2.75) is 57.6 Å². The Balaban J connectivity index is 2.03. The highest BCUT2D eigenvalue weighted by Gasteiger charge is 2.33. The molecule has 208 valence electrons. The van der Waals surface area contributed by atoms with E-state index in [4.69, 9.17) is 23.2 Å². The smallest absolute Gasteiger partial charge is 0.264 e. The number of hydrogen-bond acceptors (Lipinski definition) is 4. The van der Waals surface area contributed by atoms with Crippen LogP contribution in [0.2, 0.25) is 10.0 Å². The number of hydrogen-bond donors (Lipinski definition) is 1. The van der Waals surface area contributed by atoms with Crippen molar-refractivity contribution in [1.29, 1.82) is 0 Å². The van der Waals surface area contributed by atoms with Gasteiger partial charge >= 0.3 is 0 Å². The first-order valence-corrected chi connectivity index (χ1v) is 14.6. The highest BCUT2D eigenvalue weighted by Crippen LogP contribution is 2.26. The van der Waals surface area contributed by atoms with Crippen LogP contribution in [0.1, 0.15) is 38.8 Å². The summed E-state index contributed by atoms with van der Waals surface area (Å²) in [6, 6.07) is 18.8. The van der Waals surface area contributed by atoms with Crippen LogP contribution in [-0.2, 0) is 26.2 Å². The van der Waals surface area contributed by atoms with Gasteiger partial charge < -0.3 is 10.2 Å². The average molecular weight is 591 g/mol. The summed E-state index contributed by atoms with van der Waals surface area (Å²) in [7, 11) is -4.12. The monoisotopic (exact) mass is 589 g/mol. The van der Waals surface area contributed by atoms with Crippen LogP contribution in [0, 0.1) is 6.92 Å². The maximum Gasteiger partial charge on any atom is 0.264 e. The second-order valence-electron chi connectivity index (χ2n) is 10.3. The molecule has 0 fully saturated rings. The van der Waals surface area contributed by atoms with E-state index in [9.17, 15) is 18.0 Å². The zero-order valence-electron chi connectivity index (χ0n) is 22.6. The molecule has 1 atom stereocenters. The fourth-order valence-electron chi connectivity index (χ4n) is 3.85. The van der Waals surface area contributed by atoms with Crippen molar-refractivity contribution < 1.29 is 18.0 Å². The van der Waals surface area contributed by atoms with E-state index in [1.54, 1.807) is 67.6 Å². The minimum Gasteiger partial charge on any atom is -0.350 e. The number of amides is 2. The highest BCUT2D eigenvalue weighted by molar-refractivity contribution is 7.92. The molecule has 3 aromatic carbocycles. The lowest BCUT2D eigenvalue weighted by molar-refractivity contribution is -0.140. The third-order valence-electron chi connectivity index (χ3n) is 5.95. The quantitative estimate of drug-likeness (QED) is 0.340. The van der Waals surface area contributed by atoms with Crippen molar-refractivity contribution in [2.75, 3.05) is 10.8 Å². The standard InChI is InChI=1S/C29H33Cl2N3O4S/c1-20-11-15-25(16-12-20)39(37,38)34(24-9-7-6-8-10-24)19-27(35)33(21(2)28(36)32-29(3,4)5)18-22-13-14-23(30)17-26(22)31/h6-17,21H,18-19H2,1-5H3,(H,32,36). The van der Waals surface area contributed by atoms with Crippen LogP contribution in [-0.4, -0.2) is 43.3 Å². The molecule has 0 aromatic heterocycles. The number of rotatable bonds is 9. The van der Waals surface area contributed by atoms with Gasteiger partial charge in [0.05, 0.1) is 10.6 Å². The SMILES string of the molecule is Cc1ccc(S(=O)(=O)N(CC(=O)N(Cc2ccc(Cl)cc2Cl)C(C)C(=O)NC(C)(C)C)c2ccccc2)cc1. The summed E-state index contributed by atoms with van der Waals surface area (Å²) in [5.74, 6) is -0.953. The molecular formula is C29H33Cl2N3O4S. The molecule has 3 rings (SSSR count). The summed E-state index contributed by atoms with van der Waals surface area (Å²) >= 11 is 12.5. The summed E-state index contributed by atoms with van der Waals surface area (Å²) in [5, 5.41) is 3.65. The Bertz CT molecular complexity index is 1420. The van der Waals surface area contributed by atoms with Gasteiger partial charge in [0, 0.05) is 22.1 Å². The summed E-state index contributed by atoms with van der Waals surface area (Å²) in [4.78, 5) is 28.5. The molecule has 0 saturated heterocycles. The molecule has 0 aliphatic heterocycles. The fraction of sp³-hybridized carbons (Fsp3) is 0.310. The maximum absolute atomic E-state index is 13.9. The number of sulfonamides is 1. The fourth-order valence-corrected chi connectivity index (χ4v) is 5.73.